The Hall–Kier alpha value is -7.05. The number of aromatic nitrogens is 7. The number of rotatable bonds is 13. The molecule has 10 rings (SSSR count). The van der Waals surface area contributed by atoms with E-state index in [9.17, 15) is 14.4 Å². The highest BCUT2D eigenvalue weighted by Crippen LogP contribution is 2.51. The predicted octanol–water partition coefficient (Wildman–Crippen LogP) is 6.23. The van der Waals surface area contributed by atoms with E-state index in [4.69, 9.17) is 23.8 Å². The summed E-state index contributed by atoms with van der Waals surface area (Å²) < 4.78 is 43.4. The van der Waals surface area contributed by atoms with Crippen LogP contribution in [0.2, 0.25) is 0 Å². The maximum absolute atomic E-state index is 15.2. The van der Waals surface area contributed by atoms with Crippen LogP contribution in [0.15, 0.2) is 81.1 Å². The predicted molar refractivity (Wildman–Crippen MR) is 246 cm³/mol. The molecule has 6 heterocycles. The van der Waals surface area contributed by atoms with Gasteiger partial charge in [0.05, 0.1) is 36.4 Å². The van der Waals surface area contributed by atoms with Crippen LogP contribution in [0.1, 0.15) is 89.2 Å². The SMILES string of the molecule is COCCCN(C(C)=O)c1ccc(-n2ccn(-c3c4c(nn3-c3cc(C)c(F)c(C)c3)CCN(C(=O)c3cc5cc(C6CCOCC6)ccc5n3C3(c5noc(=O)[nH]5)CC3)C4)c2=O)cc1OC. The molecule has 2 amide bonds. The lowest BCUT2D eigenvalue weighted by Gasteiger charge is -2.28. The van der Waals surface area contributed by atoms with Gasteiger partial charge >= 0.3 is 11.4 Å². The van der Waals surface area contributed by atoms with Gasteiger partial charge in [-0.15, -0.1) is 0 Å². The molecule has 0 spiro atoms. The average Bonchev–Trinajstić information content (AvgIpc) is 3.60. The fraction of sp³-hybridized carbons (Fsp3) is 0.388. The number of carbonyl (C=O) groups excluding carboxylic acids is 2. The molecule has 0 bridgehead atoms. The van der Waals surface area contributed by atoms with Crippen LogP contribution in [-0.2, 0) is 32.8 Å². The molecule has 3 aliphatic rings. The van der Waals surface area contributed by atoms with Crippen LogP contribution in [0.5, 0.6) is 5.75 Å². The Bertz CT molecular complexity index is 3160. The van der Waals surface area contributed by atoms with Crippen LogP contribution < -0.4 is 21.1 Å². The van der Waals surface area contributed by atoms with Gasteiger partial charge in [0.25, 0.3) is 5.91 Å². The monoisotopic (exact) mass is 913 g/mol. The van der Waals surface area contributed by atoms with Crippen molar-refractivity contribution in [1.29, 1.82) is 0 Å². The molecule has 3 aromatic carbocycles. The molecule has 1 saturated carbocycles. The maximum atomic E-state index is 15.2. The average molecular weight is 914 g/mol. The van der Waals surface area contributed by atoms with Crippen molar-refractivity contribution >= 4 is 28.4 Å². The van der Waals surface area contributed by atoms with Crippen LogP contribution in [0, 0.1) is 19.7 Å². The van der Waals surface area contributed by atoms with Gasteiger partial charge in [-0.1, -0.05) is 11.2 Å². The fourth-order valence-corrected chi connectivity index (χ4v) is 10.0. The Kier molecular flexibility index (Phi) is 11.3. The lowest BCUT2D eigenvalue weighted by Crippen LogP contribution is -2.38. The van der Waals surface area contributed by atoms with Gasteiger partial charge in [0.15, 0.2) is 5.82 Å². The highest BCUT2D eigenvalue weighted by Gasteiger charge is 2.52. The van der Waals surface area contributed by atoms with Crippen LogP contribution in [-0.4, -0.2) is 97.5 Å². The van der Waals surface area contributed by atoms with Crippen molar-refractivity contribution in [3.8, 4) is 22.9 Å². The molecule has 348 valence electrons. The van der Waals surface area contributed by atoms with Gasteiger partial charge in [-0.05, 0) is 111 Å². The van der Waals surface area contributed by atoms with Gasteiger partial charge in [-0.2, -0.15) is 5.10 Å². The second-order valence-electron chi connectivity index (χ2n) is 17.8. The Labute approximate surface area is 384 Å². The van der Waals surface area contributed by atoms with E-state index in [0.29, 0.717) is 127 Å². The summed E-state index contributed by atoms with van der Waals surface area (Å²) >= 11 is 0. The smallest absolute Gasteiger partial charge is 0.438 e. The molecule has 17 nitrogen and oxygen atoms in total. The lowest BCUT2D eigenvalue weighted by atomic mass is 9.91. The zero-order valence-corrected chi connectivity index (χ0v) is 38.1. The number of hydrogen-bond donors (Lipinski definition) is 1. The molecule has 1 aliphatic carbocycles. The molecule has 1 N–H and O–H groups in total. The number of anilines is 1. The third-order valence-electron chi connectivity index (χ3n) is 13.6. The first-order valence-corrected chi connectivity index (χ1v) is 22.6. The summed E-state index contributed by atoms with van der Waals surface area (Å²) in [6, 6.07) is 16.9. The van der Waals surface area contributed by atoms with Crippen LogP contribution in [0.4, 0.5) is 10.1 Å². The van der Waals surface area contributed by atoms with Crippen molar-refractivity contribution in [2.45, 2.75) is 77.3 Å². The lowest BCUT2D eigenvalue weighted by molar-refractivity contribution is -0.116. The zero-order valence-electron chi connectivity index (χ0n) is 38.1. The Balaban J connectivity index is 1.06. The summed E-state index contributed by atoms with van der Waals surface area (Å²) in [6.45, 7) is 7.58. The molecule has 2 aliphatic heterocycles. The number of imidazole rings is 1. The van der Waals surface area contributed by atoms with E-state index in [-0.39, 0.29) is 24.2 Å². The van der Waals surface area contributed by atoms with Crippen LogP contribution in [0.25, 0.3) is 28.1 Å². The number of fused-ring (bicyclic) bond motifs is 2. The first-order valence-electron chi connectivity index (χ1n) is 22.6. The number of nitrogens with one attached hydrogen (secondary N) is 1. The standard InChI is InChI=1S/C49H52FN9O8/c1-29-23-36(24-30(2)43(29)50)59-44(57-19-18-56(48(57)63)35-8-10-40(42(27-35)65-5)55(31(3)60)16-6-20-64-4)37-28-54(17-11-38(37)52-59)45(61)41-26-34-25-33(32-12-21-66-22-13-32)7-9-39(34)58(41)49(14-15-49)46-51-47(62)67-53-46/h7-10,18-19,23-27,32H,6,11-17,20-22,28H2,1-5H3,(H,51,53,62). The minimum absolute atomic E-state index is 0.107. The summed E-state index contributed by atoms with van der Waals surface area (Å²) in [5.41, 5.74) is 5.03. The molecule has 1 saturated heterocycles. The number of carbonyl (C=O) groups is 2. The van der Waals surface area contributed by atoms with Gasteiger partial charge < -0.3 is 28.6 Å². The van der Waals surface area contributed by atoms with Crippen molar-refractivity contribution in [2.24, 2.45) is 0 Å². The van der Waals surface area contributed by atoms with Gasteiger partial charge in [0, 0.05) is 88.3 Å². The molecule has 18 heteroatoms. The van der Waals surface area contributed by atoms with E-state index in [2.05, 4.69) is 28.3 Å². The molecular formula is C49H52FN9O8. The van der Waals surface area contributed by atoms with E-state index >= 15 is 9.18 Å². The molecule has 0 unspecified atom stereocenters. The number of benzene rings is 3. The Morgan fingerprint density at radius 2 is 1.73 bits per heavy atom. The summed E-state index contributed by atoms with van der Waals surface area (Å²) in [4.78, 5) is 61.2. The number of H-pyrrole nitrogens is 1. The van der Waals surface area contributed by atoms with Crippen LogP contribution in [0.3, 0.4) is 0 Å². The summed E-state index contributed by atoms with van der Waals surface area (Å²) in [5, 5.41) is 10.1. The normalized spacial score (nSPS) is 15.8. The first-order chi connectivity index (χ1) is 32.4. The fourth-order valence-electron chi connectivity index (χ4n) is 10.0. The molecule has 7 aromatic rings. The van der Waals surface area contributed by atoms with Crippen LogP contribution >= 0.6 is 0 Å². The minimum Gasteiger partial charge on any atom is -0.494 e. The number of aryl methyl sites for hydroxylation is 2. The second kappa shape index (κ2) is 17.3. The van der Waals surface area contributed by atoms with E-state index < -0.39 is 17.0 Å². The molecule has 0 atom stereocenters. The van der Waals surface area contributed by atoms with Crippen molar-refractivity contribution in [1.82, 2.24) is 38.5 Å². The number of ether oxygens (including phenoxy) is 3. The third-order valence-corrected chi connectivity index (χ3v) is 13.6. The number of aromatic amines is 1. The molecule has 0 radical (unpaired) electrons. The summed E-state index contributed by atoms with van der Waals surface area (Å²) in [6.07, 6.45) is 7.38. The highest BCUT2D eigenvalue weighted by atomic mass is 19.1. The number of hydrogen-bond acceptors (Lipinski definition) is 10. The molecule has 4 aromatic heterocycles. The van der Waals surface area contributed by atoms with E-state index in [1.807, 2.05) is 10.6 Å². The number of methoxy groups -OCH3 is 2. The van der Waals surface area contributed by atoms with Crippen molar-refractivity contribution in [3.63, 3.8) is 0 Å². The third kappa shape index (κ3) is 7.66. The van der Waals surface area contributed by atoms with Crippen molar-refractivity contribution < 1.29 is 32.7 Å². The summed E-state index contributed by atoms with van der Waals surface area (Å²) in [5.74, 6) is 0.103. The van der Waals surface area contributed by atoms with Gasteiger partial charge in [-0.3, -0.25) is 28.2 Å². The zero-order chi connectivity index (χ0) is 46.7. The van der Waals surface area contributed by atoms with Crippen molar-refractivity contribution in [3.05, 3.63) is 133 Å². The maximum Gasteiger partial charge on any atom is 0.438 e. The second-order valence-corrected chi connectivity index (χ2v) is 17.8. The number of halogens is 1. The van der Waals surface area contributed by atoms with Gasteiger partial charge in [0.2, 0.25) is 5.91 Å². The quantitative estimate of drug-likeness (QED) is 0.131. The Morgan fingerprint density at radius 3 is 2.42 bits per heavy atom. The first kappa shape index (κ1) is 43.8. The summed E-state index contributed by atoms with van der Waals surface area (Å²) in [7, 11) is 3.12. The van der Waals surface area contributed by atoms with E-state index in [0.717, 1.165) is 23.7 Å². The van der Waals surface area contributed by atoms with Gasteiger partial charge in [0.1, 0.15) is 28.6 Å². The van der Waals surface area contributed by atoms with Crippen molar-refractivity contribution in [2.75, 3.05) is 52.0 Å². The molecule has 67 heavy (non-hydrogen) atoms. The van der Waals surface area contributed by atoms with Gasteiger partial charge in [-0.25, -0.2) is 18.7 Å². The minimum atomic E-state index is -0.792. The largest absolute Gasteiger partial charge is 0.494 e. The number of amides is 2. The van der Waals surface area contributed by atoms with E-state index in [1.54, 1.807) is 78.2 Å². The molecular weight excluding hydrogens is 862 g/mol. The topological polar surface area (TPSA) is 177 Å². The Morgan fingerprint density at radius 1 is 0.970 bits per heavy atom. The highest BCUT2D eigenvalue weighted by molar-refractivity contribution is 5.99. The van der Waals surface area contributed by atoms with E-state index in [1.165, 1.54) is 28.7 Å². The molecule has 2 fully saturated rings. The number of nitrogens with zero attached hydrogens (tertiary/aromatic N) is 8.